The van der Waals surface area contributed by atoms with Crippen molar-refractivity contribution in [2.45, 2.75) is 18.9 Å². The highest BCUT2D eigenvalue weighted by Crippen LogP contribution is 2.28. The molecule has 2 aromatic heterocycles. The summed E-state index contributed by atoms with van der Waals surface area (Å²) in [5.74, 6) is 0.190. The van der Waals surface area contributed by atoms with Gasteiger partial charge in [-0.05, 0) is 24.3 Å². The van der Waals surface area contributed by atoms with Gasteiger partial charge < -0.3 is 9.47 Å². The minimum absolute atomic E-state index is 0.0728. The van der Waals surface area contributed by atoms with Crippen LogP contribution in [0.4, 0.5) is 5.13 Å². The Morgan fingerprint density at radius 2 is 2.12 bits per heavy atom. The number of rotatable bonds is 4. The van der Waals surface area contributed by atoms with E-state index < -0.39 is 0 Å². The van der Waals surface area contributed by atoms with Crippen molar-refractivity contribution in [1.29, 1.82) is 0 Å². The SMILES string of the molecule is O=C(Nc1nc2ccc(Cl)cc2s1)c1ccnc(OC2CCOCC2)c1. The summed E-state index contributed by atoms with van der Waals surface area (Å²) in [5, 5.41) is 3.99. The van der Waals surface area contributed by atoms with Crippen molar-refractivity contribution in [2.24, 2.45) is 0 Å². The molecule has 0 bridgehead atoms. The zero-order valence-corrected chi connectivity index (χ0v) is 15.3. The molecule has 0 aliphatic carbocycles. The molecule has 1 aliphatic heterocycles. The third-order valence-electron chi connectivity index (χ3n) is 4.02. The number of pyridine rings is 1. The smallest absolute Gasteiger partial charge is 0.257 e. The Bertz CT molecular complexity index is 940. The summed E-state index contributed by atoms with van der Waals surface area (Å²) in [6.07, 6.45) is 3.30. The molecule has 26 heavy (non-hydrogen) atoms. The molecule has 0 unspecified atom stereocenters. The first-order valence-corrected chi connectivity index (χ1v) is 9.45. The quantitative estimate of drug-likeness (QED) is 0.725. The molecule has 0 radical (unpaired) electrons. The Hall–Kier alpha value is -2.22. The number of ether oxygens (including phenoxy) is 2. The van der Waals surface area contributed by atoms with Gasteiger partial charge in [-0.1, -0.05) is 22.9 Å². The first-order valence-electron chi connectivity index (χ1n) is 8.25. The van der Waals surface area contributed by atoms with Crippen LogP contribution in [0.5, 0.6) is 5.88 Å². The van der Waals surface area contributed by atoms with Crippen LogP contribution in [-0.4, -0.2) is 35.2 Å². The number of anilines is 1. The minimum Gasteiger partial charge on any atom is -0.474 e. The van der Waals surface area contributed by atoms with Gasteiger partial charge in [0.15, 0.2) is 5.13 Å². The van der Waals surface area contributed by atoms with Crippen LogP contribution in [0.1, 0.15) is 23.2 Å². The second-order valence-electron chi connectivity index (χ2n) is 5.90. The Morgan fingerprint density at radius 3 is 2.96 bits per heavy atom. The summed E-state index contributed by atoms with van der Waals surface area (Å²) >= 11 is 7.37. The number of carbonyl (C=O) groups is 1. The van der Waals surface area contributed by atoms with Gasteiger partial charge in [0.1, 0.15) is 6.10 Å². The van der Waals surface area contributed by atoms with Gasteiger partial charge in [0.2, 0.25) is 5.88 Å². The summed E-state index contributed by atoms with van der Waals surface area (Å²) in [7, 11) is 0. The van der Waals surface area contributed by atoms with Crippen molar-refractivity contribution in [3.8, 4) is 5.88 Å². The Balaban J connectivity index is 1.47. The monoisotopic (exact) mass is 389 g/mol. The molecule has 1 aliphatic rings. The first-order chi connectivity index (χ1) is 12.7. The van der Waals surface area contributed by atoms with E-state index in [0.717, 1.165) is 23.1 Å². The lowest BCUT2D eigenvalue weighted by Gasteiger charge is -2.22. The molecule has 0 spiro atoms. The van der Waals surface area contributed by atoms with Gasteiger partial charge in [-0.15, -0.1) is 0 Å². The number of halogens is 1. The fraction of sp³-hybridized carbons (Fsp3) is 0.278. The van der Waals surface area contributed by atoms with E-state index in [1.165, 1.54) is 11.3 Å². The highest BCUT2D eigenvalue weighted by Gasteiger charge is 2.17. The first kappa shape index (κ1) is 17.2. The van der Waals surface area contributed by atoms with Crippen molar-refractivity contribution >= 4 is 44.2 Å². The van der Waals surface area contributed by atoms with Crippen LogP contribution in [0.15, 0.2) is 36.5 Å². The molecule has 6 nitrogen and oxygen atoms in total. The third-order valence-corrected chi connectivity index (χ3v) is 5.19. The molecule has 3 aromatic rings. The van der Waals surface area contributed by atoms with Crippen molar-refractivity contribution in [1.82, 2.24) is 9.97 Å². The van der Waals surface area contributed by atoms with Crippen molar-refractivity contribution in [3.63, 3.8) is 0 Å². The van der Waals surface area contributed by atoms with E-state index in [2.05, 4.69) is 15.3 Å². The largest absolute Gasteiger partial charge is 0.474 e. The average molecular weight is 390 g/mol. The molecule has 3 heterocycles. The lowest BCUT2D eigenvalue weighted by molar-refractivity contribution is 0.0237. The summed E-state index contributed by atoms with van der Waals surface area (Å²) in [6, 6.07) is 8.73. The second kappa shape index (κ2) is 7.57. The zero-order chi connectivity index (χ0) is 17.9. The van der Waals surface area contributed by atoms with E-state index in [9.17, 15) is 4.79 Å². The Morgan fingerprint density at radius 1 is 1.27 bits per heavy atom. The predicted octanol–water partition coefficient (Wildman–Crippen LogP) is 4.15. The third kappa shape index (κ3) is 3.95. The van der Waals surface area contributed by atoms with E-state index in [-0.39, 0.29) is 12.0 Å². The fourth-order valence-corrected chi connectivity index (χ4v) is 3.84. The van der Waals surface area contributed by atoms with Crippen LogP contribution in [0.3, 0.4) is 0 Å². The molecular weight excluding hydrogens is 374 g/mol. The number of hydrogen-bond acceptors (Lipinski definition) is 6. The van der Waals surface area contributed by atoms with E-state index in [4.69, 9.17) is 21.1 Å². The minimum atomic E-state index is -0.255. The molecule has 1 saturated heterocycles. The van der Waals surface area contributed by atoms with Crippen LogP contribution < -0.4 is 10.1 Å². The molecule has 1 fully saturated rings. The molecule has 4 rings (SSSR count). The van der Waals surface area contributed by atoms with Gasteiger partial charge in [0.25, 0.3) is 5.91 Å². The fourth-order valence-electron chi connectivity index (χ4n) is 2.70. The Labute approximate surface area is 159 Å². The van der Waals surface area contributed by atoms with Gasteiger partial charge >= 0.3 is 0 Å². The van der Waals surface area contributed by atoms with Crippen LogP contribution in [0.25, 0.3) is 10.2 Å². The summed E-state index contributed by atoms with van der Waals surface area (Å²) in [4.78, 5) is 21.1. The van der Waals surface area contributed by atoms with Crippen LogP contribution in [0, 0.1) is 0 Å². The molecule has 1 N–H and O–H groups in total. The van der Waals surface area contributed by atoms with Crippen LogP contribution in [-0.2, 0) is 4.74 Å². The molecule has 8 heteroatoms. The van der Waals surface area contributed by atoms with Gasteiger partial charge in [-0.2, -0.15) is 0 Å². The molecule has 0 saturated carbocycles. The standard InChI is InChI=1S/C18H16ClN3O3S/c19-12-1-2-14-15(10-12)26-18(21-14)22-17(23)11-3-6-20-16(9-11)25-13-4-7-24-8-5-13/h1-3,6,9-10,13H,4-5,7-8H2,(H,21,22,23). The van der Waals surface area contributed by atoms with Crippen molar-refractivity contribution in [3.05, 3.63) is 47.1 Å². The van der Waals surface area contributed by atoms with Crippen molar-refractivity contribution in [2.75, 3.05) is 18.5 Å². The van der Waals surface area contributed by atoms with Gasteiger partial charge in [0.05, 0.1) is 23.4 Å². The summed E-state index contributed by atoms with van der Waals surface area (Å²) < 4.78 is 12.1. The normalized spacial score (nSPS) is 15.1. The number of thiazole rings is 1. The van der Waals surface area contributed by atoms with Gasteiger partial charge in [-0.25, -0.2) is 9.97 Å². The van der Waals surface area contributed by atoms with E-state index in [1.807, 2.05) is 12.1 Å². The van der Waals surface area contributed by atoms with E-state index in [0.29, 0.717) is 34.8 Å². The number of fused-ring (bicyclic) bond motifs is 1. The highest BCUT2D eigenvalue weighted by molar-refractivity contribution is 7.22. The Kier molecular flexibility index (Phi) is 5.01. The number of hydrogen-bond donors (Lipinski definition) is 1. The molecule has 134 valence electrons. The van der Waals surface area contributed by atoms with Crippen LogP contribution >= 0.6 is 22.9 Å². The number of nitrogens with one attached hydrogen (secondary N) is 1. The molecule has 0 atom stereocenters. The van der Waals surface area contributed by atoms with Crippen molar-refractivity contribution < 1.29 is 14.3 Å². The molecule has 1 amide bonds. The molecule has 1 aromatic carbocycles. The number of benzene rings is 1. The number of carbonyl (C=O) groups excluding carboxylic acids is 1. The maximum Gasteiger partial charge on any atom is 0.257 e. The van der Waals surface area contributed by atoms with Crippen LogP contribution in [0.2, 0.25) is 5.02 Å². The zero-order valence-electron chi connectivity index (χ0n) is 13.8. The van der Waals surface area contributed by atoms with E-state index in [1.54, 1.807) is 24.4 Å². The summed E-state index contributed by atoms with van der Waals surface area (Å²) in [6.45, 7) is 1.37. The lowest BCUT2D eigenvalue weighted by atomic mass is 10.1. The highest BCUT2D eigenvalue weighted by atomic mass is 35.5. The topological polar surface area (TPSA) is 73.3 Å². The number of aromatic nitrogens is 2. The number of nitrogens with zero attached hydrogens (tertiary/aromatic N) is 2. The molecular formula is C18H16ClN3O3S. The van der Waals surface area contributed by atoms with Gasteiger partial charge in [0, 0.05) is 35.7 Å². The average Bonchev–Trinajstić information content (AvgIpc) is 3.04. The van der Waals surface area contributed by atoms with Gasteiger partial charge in [-0.3, -0.25) is 10.1 Å². The second-order valence-corrected chi connectivity index (χ2v) is 7.36. The predicted molar refractivity (Wildman–Crippen MR) is 101 cm³/mol. The number of amides is 1. The maximum absolute atomic E-state index is 12.5. The van der Waals surface area contributed by atoms with E-state index >= 15 is 0 Å². The lowest BCUT2D eigenvalue weighted by Crippen LogP contribution is -2.26. The summed E-state index contributed by atoms with van der Waals surface area (Å²) in [5.41, 5.74) is 1.27. The maximum atomic E-state index is 12.5.